The van der Waals surface area contributed by atoms with E-state index in [-0.39, 0.29) is 18.9 Å². The van der Waals surface area contributed by atoms with Crippen molar-refractivity contribution in [1.29, 1.82) is 0 Å². The Morgan fingerprint density at radius 3 is 2.33 bits per heavy atom. The minimum atomic E-state index is -0.910. The highest BCUT2D eigenvalue weighted by atomic mass is 16.4. The summed E-state index contributed by atoms with van der Waals surface area (Å²) in [6, 6.07) is -0.524. The molecule has 0 bridgehead atoms. The van der Waals surface area contributed by atoms with Gasteiger partial charge in [-0.05, 0) is 12.3 Å². The van der Waals surface area contributed by atoms with Crippen LogP contribution in [0.3, 0.4) is 0 Å². The smallest absolute Gasteiger partial charge is 0.305 e. The van der Waals surface area contributed by atoms with Crippen LogP contribution >= 0.6 is 0 Å². The van der Waals surface area contributed by atoms with Gasteiger partial charge in [-0.3, -0.25) is 9.59 Å². The summed E-state index contributed by atoms with van der Waals surface area (Å²) in [6.45, 7) is 4.19. The molecule has 88 valence electrons. The maximum atomic E-state index is 11.6. The SMILES string of the molecule is CC(C)C[C@H](N)C(=O)N(C)CCC(=O)O. The third kappa shape index (κ3) is 6.06. The number of carbonyl (C=O) groups excluding carboxylic acids is 1. The molecule has 1 atom stereocenters. The molecule has 15 heavy (non-hydrogen) atoms. The first-order chi connectivity index (χ1) is 6.84. The van der Waals surface area contributed by atoms with E-state index in [1.54, 1.807) is 7.05 Å². The highest BCUT2D eigenvalue weighted by Crippen LogP contribution is 2.05. The highest BCUT2D eigenvalue weighted by Gasteiger charge is 2.19. The molecule has 0 fully saturated rings. The molecule has 5 nitrogen and oxygen atoms in total. The Morgan fingerprint density at radius 1 is 1.40 bits per heavy atom. The van der Waals surface area contributed by atoms with Gasteiger partial charge in [0, 0.05) is 13.6 Å². The Labute approximate surface area is 90.2 Å². The lowest BCUT2D eigenvalue weighted by molar-refractivity contribution is -0.138. The molecule has 0 aliphatic rings. The predicted molar refractivity (Wildman–Crippen MR) is 57.3 cm³/mol. The number of nitrogens with zero attached hydrogens (tertiary/aromatic N) is 1. The number of nitrogens with two attached hydrogens (primary N) is 1. The summed E-state index contributed by atoms with van der Waals surface area (Å²) in [5.41, 5.74) is 5.69. The van der Waals surface area contributed by atoms with Crippen LogP contribution in [-0.4, -0.2) is 41.5 Å². The van der Waals surface area contributed by atoms with Crippen molar-refractivity contribution in [3.63, 3.8) is 0 Å². The first-order valence-corrected chi connectivity index (χ1v) is 5.07. The molecule has 0 radical (unpaired) electrons. The molecular formula is C10H20N2O3. The predicted octanol–water partition coefficient (Wildman–Crippen LogP) is 0.293. The highest BCUT2D eigenvalue weighted by molar-refractivity contribution is 5.81. The van der Waals surface area contributed by atoms with Crippen molar-refractivity contribution in [2.45, 2.75) is 32.7 Å². The number of hydrogen-bond donors (Lipinski definition) is 2. The molecule has 0 heterocycles. The van der Waals surface area contributed by atoms with Crippen LogP contribution in [0.15, 0.2) is 0 Å². The van der Waals surface area contributed by atoms with Crippen molar-refractivity contribution in [1.82, 2.24) is 4.90 Å². The Kier molecular flexibility index (Phi) is 5.93. The number of rotatable bonds is 6. The normalized spacial score (nSPS) is 12.6. The third-order valence-corrected chi connectivity index (χ3v) is 2.08. The summed E-state index contributed by atoms with van der Waals surface area (Å²) in [7, 11) is 1.57. The van der Waals surface area contributed by atoms with Crippen LogP contribution in [-0.2, 0) is 9.59 Å². The van der Waals surface area contributed by atoms with Gasteiger partial charge in [0.1, 0.15) is 0 Å². The summed E-state index contributed by atoms with van der Waals surface area (Å²) in [5.74, 6) is -0.742. The second-order valence-electron chi connectivity index (χ2n) is 4.14. The fraction of sp³-hybridized carbons (Fsp3) is 0.800. The zero-order valence-corrected chi connectivity index (χ0v) is 9.56. The monoisotopic (exact) mass is 216 g/mol. The van der Waals surface area contributed by atoms with Crippen molar-refractivity contribution in [3.05, 3.63) is 0 Å². The second kappa shape index (κ2) is 6.40. The molecule has 0 spiro atoms. The lowest BCUT2D eigenvalue weighted by atomic mass is 10.0. The summed E-state index contributed by atoms with van der Waals surface area (Å²) < 4.78 is 0. The molecule has 3 N–H and O–H groups in total. The average Bonchev–Trinajstić information content (AvgIpc) is 2.11. The van der Waals surface area contributed by atoms with Crippen LogP contribution in [0.1, 0.15) is 26.7 Å². The molecular weight excluding hydrogens is 196 g/mol. The second-order valence-corrected chi connectivity index (χ2v) is 4.14. The standard InChI is InChI=1S/C10H20N2O3/c1-7(2)6-8(11)10(15)12(3)5-4-9(13)14/h7-8H,4-6,11H2,1-3H3,(H,13,14)/t8-/m0/s1. The summed E-state index contributed by atoms with van der Waals surface area (Å²) in [4.78, 5) is 23.3. The summed E-state index contributed by atoms with van der Waals surface area (Å²) >= 11 is 0. The average molecular weight is 216 g/mol. The largest absolute Gasteiger partial charge is 0.481 e. The first-order valence-electron chi connectivity index (χ1n) is 5.07. The lowest BCUT2D eigenvalue weighted by Gasteiger charge is -2.21. The van der Waals surface area contributed by atoms with Crippen molar-refractivity contribution in [2.75, 3.05) is 13.6 Å². The van der Waals surface area contributed by atoms with Gasteiger partial charge in [-0.15, -0.1) is 0 Å². The van der Waals surface area contributed by atoms with Gasteiger partial charge >= 0.3 is 5.97 Å². The number of carboxylic acid groups (broad SMARTS) is 1. The molecule has 0 aromatic heterocycles. The lowest BCUT2D eigenvalue weighted by Crippen LogP contribution is -2.43. The molecule has 0 saturated heterocycles. The van der Waals surface area contributed by atoms with E-state index < -0.39 is 12.0 Å². The minimum Gasteiger partial charge on any atom is -0.481 e. The molecule has 0 unspecified atom stereocenters. The Hall–Kier alpha value is -1.10. The van der Waals surface area contributed by atoms with E-state index in [1.165, 1.54) is 4.90 Å². The van der Waals surface area contributed by atoms with Gasteiger partial charge in [-0.1, -0.05) is 13.8 Å². The van der Waals surface area contributed by atoms with E-state index in [2.05, 4.69) is 0 Å². The summed E-state index contributed by atoms with van der Waals surface area (Å²) in [6.07, 6.45) is 0.576. The maximum absolute atomic E-state index is 11.6. The van der Waals surface area contributed by atoms with Crippen LogP contribution in [0, 0.1) is 5.92 Å². The topological polar surface area (TPSA) is 83.6 Å². The van der Waals surface area contributed by atoms with Crippen LogP contribution < -0.4 is 5.73 Å². The van der Waals surface area contributed by atoms with E-state index in [0.29, 0.717) is 12.3 Å². The maximum Gasteiger partial charge on any atom is 0.305 e. The van der Waals surface area contributed by atoms with E-state index in [9.17, 15) is 9.59 Å². The molecule has 0 aliphatic heterocycles. The van der Waals surface area contributed by atoms with Crippen LogP contribution in [0.2, 0.25) is 0 Å². The van der Waals surface area contributed by atoms with Crippen molar-refractivity contribution in [2.24, 2.45) is 11.7 Å². The van der Waals surface area contributed by atoms with Crippen LogP contribution in [0.5, 0.6) is 0 Å². The Balaban J connectivity index is 4.01. The molecule has 1 amide bonds. The molecule has 0 aliphatic carbocycles. The fourth-order valence-corrected chi connectivity index (χ4v) is 1.27. The van der Waals surface area contributed by atoms with Gasteiger partial charge in [0.2, 0.25) is 5.91 Å². The zero-order chi connectivity index (χ0) is 12.0. The Bertz CT molecular complexity index is 229. The number of carbonyl (C=O) groups is 2. The first kappa shape index (κ1) is 13.9. The zero-order valence-electron chi connectivity index (χ0n) is 9.56. The molecule has 0 rings (SSSR count). The Morgan fingerprint density at radius 2 is 1.93 bits per heavy atom. The number of hydrogen-bond acceptors (Lipinski definition) is 3. The van der Waals surface area contributed by atoms with Crippen LogP contribution in [0.4, 0.5) is 0 Å². The number of amides is 1. The van der Waals surface area contributed by atoms with Gasteiger partial charge in [0.15, 0.2) is 0 Å². The van der Waals surface area contributed by atoms with Crippen molar-refractivity contribution >= 4 is 11.9 Å². The quantitative estimate of drug-likeness (QED) is 0.668. The summed E-state index contributed by atoms with van der Waals surface area (Å²) in [5, 5.41) is 8.46. The molecule has 5 heteroatoms. The molecule has 0 aromatic carbocycles. The van der Waals surface area contributed by atoms with Crippen LogP contribution in [0.25, 0.3) is 0 Å². The minimum absolute atomic E-state index is 0.0450. The number of aliphatic carboxylic acids is 1. The van der Waals surface area contributed by atoms with Gasteiger partial charge in [-0.25, -0.2) is 0 Å². The van der Waals surface area contributed by atoms with Gasteiger partial charge < -0.3 is 15.7 Å². The van der Waals surface area contributed by atoms with E-state index in [1.807, 2.05) is 13.8 Å². The van der Waals surface area contributed by atoms with E-state index in [0.717, 1.165) is 0 Å². The van der Waals surface area contributed by atoms with Gasteiger partial charge in [-0.2, -0.15) is 0 Å². The van der Waals surface area contributed by atoms with Gasteiger partial charge in [0.25, 0.3) is 0 Å². The van der Waals surface area contributed by atoms with Crippen molar-refractivity contribution in [3.8, 4) is 0 Å². The fourth-order valence-electron chi connectivity index (χ4n) is 1.27. The number of carboxylic acids is 1. The third-order valence-electron chi connectivity index (χ3n) is 2.08. The molecule has 0 aromatic rings. The van der Waals surface area contributed by atoms with Crippen molar-refractivity contribution < 1.29 is 14.7 Å². The number of likely N-dealkylation sites (N-methyl/N-ethyl adjacent to an activating group) is 1. The van der Waals surface area contributed by atoms with E-state index in [4.69, 9.17) is 10.8 Å². The van der Waals surface area contributed by atoms with Gasteiger partial charge in [0.05, 0.1) is 12.5 Å². The van der Waals surface area contributed by atoms with E-state index >= 15 is 0 Å². The molecule has 0 saturated carbocycles.